The first-order valence-corrected chi connectivity index (χ1v) is 4.34. The molecule has 0 amide bonds. The van der Waals surface area contributed by atoms with Gasteiger partial charge in [0.1, 0.15) is 0 Å². The molecule has 4 heteroatoms. The highest BCUT2D eigenvalue weighted by atomic mass is 16.6. The van der Waals surface area contributed by atoms with Crippen molar-refractivity contribution in [3.63, 3.8) is 0 Å². The molecule has 1 saturated carbocycles. The van der Waals surface area contributed by atoms with E-state index in [1.807, 2.05) is 0 Å². The first-order valence-electron chi connectivity index (χ1n) is 4.34. The van der Waals surface area contributed by atoms with E-state index in [2.05, 4.69) is 4.84 Å². The average Bonchev–Trinajstić information content (AvgIpc) is 2.07. The van der Waals surface area contributed by atoms with E-state index in [1.165, 1.54) is 6.42 Å². The zero-order valence-corrected chi connectivity index (χ0v) is 7.03. The maximum atomic E-state index is 10.6. The van der Waals surface area contributed by atoms with Gasteiger partial charge in [-0.3, -0.25) is 4.84 Å². The minimum absolute atomic E-state index is 0.112. The Morgan fingerprint density at radius 3 is 2.42 bits per heavy atom. The number of nitrogens with two attached hydrogens (primary N) is 1. The summed E-state index contributed by atoms with van der Waals surface area (Å²) < 4.78 is 0. The molecule has 0 aromatic carbocycles. The lowest BCUT2D eigenvalue weighted by molar-refractivity contribution is -0.155. The average molecular weight is 173 g/mol. The van der Waals surface area contributed by atoms with Gasteiger partial charge in [0.05, 0.1) is 0 Å². The van der Waals surface area contributed by atoms with Crippen LogP contribution in [0.2, 0.25) is 0 Å². The maximum Gasteiger partial charge on any atom is 0.335 e. The highest BCUT2D eigenvalue weighted by molar-refractivity contribution is 5.72. The van der Waals surface area contributed by atoms with Crippen molar-refractivity contribution in [2.45, 2.75) is 38.2 Å². The van der Waals surface area contributed by atoms with Crippen molar-refractivity contribution in [1.29, 1.82) is 0 Å². The number of hydrogen-bond donors (Lipinski definition) is 2. The molecule has 0 aromatic heterocycles. The minimum Gasteiger partial charge on any atom is -0.479 e. The molecule has 0 bridgehead atoms. The number of rotatable bonds is 3. The molecule has 4 nitrogen and oxygen atoms in total. The van der Waals surface area contributed by atoms with Gasteiger partial charge in [-0.05, 0) is 18.8 Å². The summed E-state index contributed by atoms with van der Waals surface area (Å²) in [7, 11) is 0. The third kappa shape index (κ3) is 2.19. The quantitative estimate of drug-likeness (QED) is 0.622. The van der Waals surface area contributed by atoms with Crippen molar-refractivity contribution >= 4 is 5.97 Å². The fraction of sp³-hybridized carbons (Fsp3) is 0.875. The third-order valence-corrected chi connectivity index (χ3v) is 2.47. The summed E-state index contributed by atoms with van der Waals surface area (Å²) in [6, 6.07) is 0. The lowest BCUT2D eigenvalue weighted by Crippen LogP contribution is -2.35. The molecule has 1 aliphatic carbocycles. The topological polar surface area (TPSA) is 72.5 Å². The van der Waals surface area contributed by atoms with Gasteiger partial charge >= 0.3 is 5.97 Å². The van der Waals surface area contributed by atoms with Gasteiger partial charge in [-0.25, -0.2) is 10.7 Å². The fourth-order valence-electron chi connectivity index (χ4n) is 1.81. The summed E-state index contributed by atoms with van der Waals surface area (Å²) >= 11 is 0. The predicted molar refractivity (Wildman–Crippen MR) is 43.3 cm³/mol. The molecule has 1 unspecified atom stereocenters. The van der Waals surface area contributed by atoms with Crippen LogP contribution < -0.4 is 5.90 Å². The van der Waals surface area contributed by atoms with Crippen LogP contribution in [0.1, 0.15) is 32.1 Å². The van der Waals surface area contributed by atoms with Gasteiger partial charge in [-0.2, -0.15) is 0 Å². The molecule has 0 heterocycles. The standard InChI is InChI=1S/C8H15NO3/c9-12-7(8(10)11)6-4-2-1-3-5-6/h6-7H,1-5,9H2,(H,10,11). The SMILES string of the molecule is NOC(C(=O)O)C1CCCCC1. The second-order valence-electron chi connectivity index (χ2n) is 3.29. The Balaban J connectivity index is 2.46. The highest BCUT2D eigenvalue weighted by Crippen LogP contribution is 2.27. The highest BCUT2D eigenvalue weighted by Gasteiger charge is 2.29. The van der Waals surface area contributed by atoms with E-state index in [1.54, 1.807) is 0 Å². The van der Waals surface area contributed by atoms with Crippen LogP contribution in [0, 0.1) is 5.92 Å². The molecule has 1 atom stereocenters. The second kappa shape index (κ2) is 4.42. The van der Waals surface area contributed by atoms with E-state index in [0.717, 1.165) is 25.7 Å². The van der Waals surface area contributed by atoms with Gasteiger partial charge in [0.25, 0.3) is 0 Å². The second-order valence-corrected chi connectivity index (χ2v) is 3.29. The van der Waals surface area contributed by atoms with Crippen LogP contribution in [-0.2, 0) is 9.63 Å². The Bertz CT molecular complexity index is 154. The number of hydrogen-bond acceptors (Lipinski definition) is 3. The summed E-state index contributed by atoms with van der Waals surface area (Å²) in [6.45, 7) is 0. The first kappa shape index (κ1) is 9.48. The van der Waals surface area contributed by atoms with Crippen LogP contribution in [-0.4, -0.2) is 17.2 Å². The van der Waals surface area contributed by atoms with Crippen LogP contribution in [0.5, 0.6) is 0 Å². The Morgan fingerprint density at radius 1 is 1.42 bits per heavy atom. The molecule has 1 rings (SSSR count). The van der Waals surface area contributed by atoms with Crippen molar-refractivity contribution in [2.24, 2.45) is 11.8 Å². The van der Waals surface area contributed by atoms with Crippen molar-refractivity contribution < 1.29 is 14.7 Å². The molecule has 1 aliphatic rings. The Hall–Kier alpha value is -0.610. The lowest BCUT2D eigenvalue weighted by atomic mass is 9.85. The lowest BCUT2D eigenvalue weighted by Gasteiger charge is -2.25. The van der Waals surface area contributed by atoms with Gasteiger partial charge in [-0.15, -0.1) is 0 Å². The smallest absolute Gasteiger partial charge is 0.335 e. The normalized spacial score (nSPS) is 22.1. The summed E-state index contributed by atoms with van der Waals surface area (Å²) in [5.74, 6) is 4.10. The van der Waals surface area contributed by atoms with E-state index in [4.69, 9.17) is 11.0 Å². The number of aliphatic carboxylic acids is 1. The number of carbonyl (C=O) groups is 1. The third-order valence-electron chi connectivity index (χ3n) is 2.47. The van der Waals surface area contributed by atoms with Crippen LogP contribution in [0.15, 0.2) is 0 Å². The van der Waals surface area contributed by atoms with Gasteiger partial charge in [0.15, 0.2) is 6.10 Å². The van der Waals surface area contributed by atoms with E-state index in [-0.39, 0.29) is 5.92 Å². The monoisotopic (exact) mass is 173 g/mol. The van der Waals surface area contributed by atoms with Gasteiger partial charge in [0, 0.05) is 0 Å². The predicted octanol–water partition coefficient (Wildman–Crippen LogP) is 0.910. The van der Waals surface area contributed by atoms with E-state index < -0.39 is 12.1 Å². The molecule has 3 N–H and O–H groups in total. The van der Waals surface area contributed by atoms with Crippen molar-refractivity contribution in [3.05, 3.63) is 0 Å². The maximum absolute atomic E-state index is 10.6. The van der Waals surface area contributed by atoms with Crippen LogP contribution in [0.4, 0.5) is 0 Å². The zero-order valence-electron chi connectivity index (χ0n) is 7.03. The van der Waals surface area contributed by atoms with Crippen LogP contribution >= 0.6 is 0 Å². The summed E-state index contributed by atoms with van der Waals surface area (Å²) in [5.41, 5.74) is 0. The Labute approximate surface area is 71.7 Å². The Kier molecular flexibility index (Phi) is 3.49. The summed E-state index contributed by atoms with van der Waals surface area (Å²) in [5, 5.41) is 8.72. The van der Waals surface area contributed by atoms with Crippen LogP contribution in [0.3, 0.4) is 0 Å². The van der Waals surface area contributed by atoms with Crippen LogP contribution in [0.25, 0.3) is 0 Å². The summed E-state index contributed by atoms with van der Waals surface area (Å²) in [4.78, 5) is 15.1. The van der Waals surface area contributed by atoms with Gasteiger partial charge in [-0.1, -0.05) is 19.3 Å². The van der Waals surface area contributed by atoms with Crippen molar-refractivity contribution in [2.75, 3.05) is 0 Å². The molecule has 0 radical (unpaired) electrons. The Morgan fingerprint density at radius 2 is 2.00 bits per heavy atom. The molecule has 0 aliphatic heterocycles. The number of carboxylic acids is 1. The van der Waals surface area contributed by atoms with E-state index in [9.17, 15) is 4.79 Å². The van der Waals surface area contributed by atoms with E-state index >= 15 is 0 Å². The fourth-order valence-corrected chi connectivity index (χ4v) is 1.81. The molecular formula is C8H15NO3. The molecule has 0 saturated heterocycles. The van der Waals surface area contributed by atoms with Crippen molar-refractivity contribution in [3.8, 4) is 0 Å². The van der Waals surface area contributed by atoms with Gasteiger partial charge < -0.3 is 5.11 Å². The van der Waals surface area contributed by atoms with Crippen molar-refractivity contribution in [1.82, 2.24) is 0 Å². The molecule has 1 fully saturated rings. The molecule has 12 heavy (non-hydrogen) atoms. The minimum atomic E-state index is -0.940. The summed E-state index contributed by atoms with van der Waals surface area (Å²) in [6.07, 6.45) is 4.44. The molecule has 0 spiro atoms. The molecular weight excluding hydrogens is 158 g/mol. The molecule has 0 aromatic rings. The number of carboxylic acid groups (broad SMARTS) is 1. The zero-order chi connectivity index (χ0) is 8.97. The largest absolute Gasteiger partial charge is 0.479 e. The first-order chi connectivity index (χ1) is 5.75. The van der Waals surface area contributed by atoms with Gasteiger partial charge in [0.2, 0.25) is 0 Å². The van der Waals surface area contributed by atoms with E-state index in [0.29, 0.717) is 0 Å². The molecule has 70 valence electrons.